The standard InChI is InChI=1S/C20H34N2O5/c1-13(2)8-16(19(26)20(11-23)12-27-20)22-18(25)10-21-17(24)9-15-6-4-14(3)5-7-15/h13-16,23H,4-12H2,1-3H3,(H,21,24)(H,22,25). The highest BCUT2D eigenvalue weighted by Gasteiger charge is 2.54. The summed E-state index contributed by atoms with van der Waals surface area (Å²) in [5.74, 6) is 0.521. The summed E-state index contributed by atoms with van der Waals surface area (Å²) < 4.78 is 5.12. The molecular formula is C20H34N2O5. The topological polar surface area (TPSA) is 108 Å². The molecule has 1 saturated heterocycles. The van der Waals surface area contributed by atoms with E-state index in [0.717, 1.165) is 31.6 Å². The Morgan fingerprint density at radius 3 is 2.30 bits per heavy atom. The van der Waals surface area contributed by atoms with Gasteiger partial charge < -0.3 is 20.5 Å². The zero-order valence-corrected chi connectivity index (χ0v) is 16.8. The van der Waals surface area contributed by atoms with Crippen LogP contribution in [0.25, 0.3) is 0 Å². The molecule has 2 unspecified atom stereocenters. The number of Topliss-reactive ketones (excluding diaryl/α,β-unsaturated/α-hetero) is 1. The van der Waals surface area contributed by atoms with Crippen LogP contribution in [0.15, 0.2) is 0 Å². The number of hydrogen-bond donors (Lipinski definition) is 3. The molecule has 0 radical (unpaired) electrons. The van der Waals surface area contributed by atoms with Crippen LogP contribution in [0.1, 0.15) is 59.3 Å². The van der Waals surface area contributed by atoms with E-state index in [2.05, 4.69) is 17.6 Å². The molecule has 7 heteroatoms. The van der Waals surface area contributed by atoms with Gasteiger partial charge in [-0.3, -0.25) is 14.4 Å². The minimum Gasteiger partial charge on any atom is -0.393 e. The number of hydrogen-bond acceptors (Lipinski definition) is 5. The monoisotopic (exact) mass is 382 g/mol. The number of ether oxygens (including phenoxy) is 1. The Morgan fingerprint density at radius 2 is 1.78 bits per heavy atom. The van der Waals surface area contributed by atoms with Gasteiger partial charge in [0.05, 0.1) is 25.8 Å². The minimum absolute atomic E-state index is 0.117. The summed E-state index contributed by atoms with van der Waals surface area (Å²) in [5.41, 5.74) is -1.16. The number of epoxide rings is 1. The van der Waals surface area contributed by atoms with Crippen molar-refractivity contribution in [3.05, 3.63) is 0 Å². The molecule has 0 bridgehead atoms. The lowest BCUT2D eigenvalue weighted by Crippen LogP contribution is -2.51. The molecule has 154 valence electrons. The SMILES string of the molecule is CC(C)CC(NC(=O)CNC(=O)CC1CCC(C)CC1)C(=O)C1(CO)CO1. The average Bonchev–Trinajstić information content (AvgIpc) is 3.42. The Morgan fingerprint density at radius 1 is 1.15 bits per heavy atom. The van der Waals surface area contributed by atoms with Crippen molar-refractivity contribution in [3.8, 4) is 0 Å². The summed E-state index contributed by atoms with van der Waals surface area (Å²) in [6.45, 7) is 5.81. The zero-order chi connectivity index (χ0) is 20.0. The number of ketones is 1. The molecule has 2 amide bonds. The van der Waals surface area contributed by atoms with Crippen LogP contribution in [0.3, 0.4) is 0 Å². The molecule has 2 aliphatic rings. The van der Waals surface area contributed by atoms with Crippen molar-refractivity contribution >= 4 is 17.6 Å². The van der Waals surface area contributed by atoms with Gasteiger partial charge >= 0.3 is 0 Å². The van der Waals surface area contributed by atoms with E-state index in [1.165, 1.54) is 0 Å². The maximum absolute atomic E-state index is 12.6. The Hall–Kier alpha value is -1.47. The second-order valence-electron chi connectivity index (χ2n) is 8.66. The summed E-state index contributed by atoms with van der Waals surface area (Å²) in [4.78, 5) is 36.9. The fourth-order valence-corrected chi connectivity index (χ4v) is 3.71. The highest BCUT2D eigenvalue weighted by atomic mass is 16.6. The minimum atomic E-state index is -1.16. The molecule has 7 nitrogen and oxygen atoms in total. The largest absolute Gasteiger partial charge is 0.393 e. The highest BCUT2D eigenvalue weighted by molar-refractivity contribution is 5.97. The fourth-order valence-electron chi connectivity index (χ4n) is 3.71. The normalized spacial score (nSPS) is 28.5. The maximum Gasteiger partial charge on any atom is 0.239 e. The molecule has 2 atom stereocenters. The van der Waals surface area contributed by atoms with E-state index in [9.17, 15) is 19.5 Å². The van der Waals surface area contributed by atoms with Crippen LogP contribution in [0.4, 0.5) is 0 Å². The third-order valence-electron chi connectivity index (χ3n) is 5.61. The van der Waals surface area contributed by atoms with E-state index >= 15 is 0 Å². The molecule has 0 aromatic heterocycles. The molecule has 1 heterocycles. The third kappa shape index (κ3) is 6.57. The van der Waals surface area contributed by atoms with Gasteiger partial charge in [-0.15, -0.1) is 0 Å². The van der Waals surface area contributed by atoms with Crippen LogP contribution in [0.2, 0.25) is 0 Å². The van der Waals surface area contributed by atoms with Gasteiger partial charge in [0, 0.05) is 6.42 Å². The second-order valence-corrected chi connectivity index (χ2v) is 8.66. The number of nitrogens with one attached hydrogen (secondary N) is 2. The summed E-state index contributed by atoms with van der Waals surface area (Å²) in [6, 6.07) is -0.719. The van der Waals surface area contributed by atoms with Crippen LogP contribution < -0.4 is 10.6 Å². The molecule has 3 N–H and O–H groups in total. The molecule has 0 aromatic rings. The smallest absolute Gasteiger partial charge is 0.239 e. The maximum atomic E-state index is 12.6. The molecule has 2 fully saturated rings. The van der Waals surface area contributed by atoms with Crippen LogP contribution in [0, 0.1) is 17.8 Å². The Bertz CT molecular complexity index is 536. The number of amides is 2. The van der Waals surface area contributed by atoms with E-state index in [1.54, 1.807) is 0 Å². The predicted octanol–water partition coefficient (Wildman–Crippen LogP) is 1.18. The van der Waals surface area contributed by atoms with Crippen LogP contribution in [-0.2, 0) is 19.1 Å². The summed E-state index contributed by atoms with van der Waals surface area (Å²) in [7, 11) is 0. The molecule has 1 aliphatic heterocycles. The van der Waals surface area contributed by atoms with Gasteiger partial charge in [0.2, 0.25) is 11.8 Å². The van der Waals surface area contributed by atoms with E-state index in [1.807, 2.05) is 13.8 Å². The first kappa shape index (κ1) is 21.8. The van der Waals surface area contributed by atoms with E-state index in [4.69, 9.17) is 4.74 Å². The van der Waals surface area contributed by atoms with Crippen molar-refractivity contribution in [2.24, 2.45) is 17.8 Å². The summed E-state index contributed by atoms with van der Waals surface area (Å²) in [6.07, 6.45) is 5.36. The predicted molar refractivity (Wildman–Crippen MR) is 101 cm³/mol. The molecule has 27 heavy (non-hydrogen) atoms. The lowest BCUT2D eigenvalue weighted by molar-refractivity contribution is -0.132. The molecule has 2 rings (SSSR count). The quantitative estimate of drug-likeness (QED) is 0.492. The number of aliphatic hydroxyl groups excluding tert-OH is 1. The van der Waals surface area contributed by atoms with Crippen molar-refractivity contribution < 1.29 is 24.2 Å². The van der Waals surface area contributed by atoms with E-state index in [0.29, 0.717) is 18.8 Å². The van der Waals surface area contributed by atoms with Gasteiger partial charge in [0.25, 0.3) is 0 Å². The van der Waals surface area contributed by atoms with Crippen molar-refractivity contribution in [2.45, 2.75) is 70.9 Å². The van der Waals surface area contributed by atoms with E-state index in [-0.39, 0.29) is 37.4 Å². The Labute approximate surface area is 161 Å². The molecule has 1 aliphatic carbocycles. The van der Waals surface area contributed by atoms with Gasteiger partial charge in [-0.2, -0.15) is 0 Å². The van der Waals surface area contributed by atoms with Crippen LogP contribution in [0.5, 0.6) is 0 Å². The Kier molecular flexibility index (Phi) is 7.79. The van der Waals surface area contributed by atoms with Crippen molar-refractivity contribution in [3.63, 3.8) is 0 Å². The molecule has 1 saturated carbocycles. The number of carbonyl (C=O) groups excluding carboxylic acids is 3. The molecule has 0 aromatic carbocycles. The van der Waals surface area contributed by atoms with Gasteiger partial charge in [-0.25, -0.2) is 0 Å². The summed E-state index contributed by atoms with van der Waals surface area (Å²) >= 11 is 0. The number of rotatable bonds is 10. The van der Waals surface area contributed by atoms with Crippen LogP contribution >= 0.6 is 0 Å². The first-order chi connectivity index (χ1) is 12.8. The second kappa shape index (κ2) is 9.64. The molecular weight excluding hydrogens is 348 g/mol. The van der Waals surface area contributed by atoms with Gasteiger partial charge in [0.1, 0.15) is 0 Å². The fraction of sp³-hybridized carbons (Fsp3) is 0.850. The van der Waals surface area contributed by atoms with Gasteiger partial charge in [0.15, 0.2) is 11.4 Å². The van der Waals surface area contributed by atoms with Crippen molar-refractivity contribution in [1.82, 2.24) is 10.6 Å². The van der Waals surface area contributed by atoms with Crippen molar-refractivity contribution in [1.29, 1.82) is 0 Å². The highest BCUT2D eigenvalue weighted by Crippen LogP contribution is 2.31. The lowest BCUT2D eigenvalue weighted by Gasteiger charge is -2.25. The first-order valence-electron chi connectivity index (χ1n) is 10.1. The first-order valence-corrected chi connectivity index (χ1v) is 10.1. The van der Waals surface area contributed by atoms with Crippen molar-refractivity contribution in [2.75, 3.05) is 19.8 Å². The third-order valence-corrected chi connectivity index (χ3v) is 5.61. The number of aliphatic hydroxyl groups is 1. The van der Waals surface area contributed by atoms with E-state index < -0.39 is 17.6 Å². The average molecular weight is 383 g/mol. The van der Waals surface area contributed by atoms with Crippen LogP contribution in [-0.4, -0.2) is 54.1 Å². The molecule has 0 spiro atoms. The lowest BCUT2D eigenvalue weighted by atomic mass is 9.81. The Balaban J connectivity index is 1.77. The number of carbonyl (C=O) groups is 3. The van der Waals surface area contributed by atoms with Gasteiger partial charge in [-0.05, 0) is 37.0 Å². The zero-order valence-electron chi connectivity index (χ0n) is 16.8. The summed E-state index contributed by atoms with van der Waals surface area (Å²) in [5, 5.41) is 14.7. The van der Waals surface area contributed by atoms with Gasteiger partial charge in [-0.1, -0.05) is 33.6 Å².